The molecule has 0 saturated carbocycles. The number of nitrogens with two attached hydrogens (primary N) is 1. The van der Waals surface area contributed by atoms with Crippen LogP contribution in [-0.4, -0.2) is 10.5 Å². The van der Waals surface area contributed by atoms with Crippen molar-refractivity contribution in [1.29, 1.82) is 0 Å². The van der Waals surface area contributed by atoms with Gasteiger partial charge in [0.2, 0.25) is 5.91 Å². The summed E-state index contributed by atoms with van der Waals surface area (Å²) in [5.74, 6) is -0.504. The number of aromatic nitrogens is 1. The highest BCUT2D eigenvalue weighted by atomic mass is 35.5. The first-order valence-electron chi connectivity index (χ1n) is 10.00. The van der Waals surface area contributed by atoms with Crippen LogP contribution in [0.1, 0.15) is 15.9 Å². The highest BCUT2D eigenvalue weighted by Gasteiger charge is 2.19. The Hall–Kier alpha value is -2.69. The number of primary amides is 1. The van der Waals surface area contributed by atoms with Crippen LogP contribution in [0.15, 0.2) is 66.7 Å². The van der Waals surface area contributed by atoms with Crippen LogP contribution in [0.2, 0.25) is 20.1 Å². The molecule has 5 rings (SSSR count). The highest BCUT2D eigenvalue weighted by Crippen LogP contribution is 2.39. The van der Waals surface area contributed by atoms with Crippen LogP contribution in [0.3, 0.4) is 0 Å². The second-order valence-corrected chi connectivity index (χ2v) is 9.29. The number of rotatable bonds is 4. The molecule has 0 unspecified atom stereocenters. The number of hydrogen-bond acceptors (Lipinski definition) is 1. The predicted molar refractivity (Wildman–Crippen MR) is 138 cm³/mol. The minimum Gasteiger partial charge on any atom is -0.366 e. The van der Waals surface area contributed by atoms with E-state index in [1.165, 1.54) is 0 Å². The van der Waals surface area contributed by atoms with Gasteiger partial charge in [0.05, 0.1) is 11.0 Å². The molecule has 0 spiro atoms. The summed E-state index contributed by atoms with van der Waals surface area (Å²) < 4.78 is 2.08. The summed E-state index contributed by atoms with van der Waals surface area (Å²) in [6.45, 7) is 0.450. The summed E-state index contributed by atoms with van der Waals surface area (Å²) in [5.41, 5.74) is 10.2. The van der Waals surface area contributed by atoms with Crippen LogP contribution in [0.5, 0.6) is 0 Å². The number of benzene rings is 4. The average molecular weight is 513 g/mol. The van der Waals surface area contributed by atoms with Gasteiger partial charge in [0.15, 0.2) is 0 Å². The molecule has 0 bridgehead atoms. The van der Waals surface area contributed by atoms with Crippen LogP contribution >= 0.6 is 46.4 Å². The number of amides is 1. The maximum absolute atomic E-state index is 12.2. The third kappa shape index (κ3) is 3.85. The van der Waals surface area contributed by atoms with Crippen molar-refractivity contribution in [3.05, 3.63) is 104 Å². The van der Waals surface area contributed by atoms with E-state index >= 15 is 0 Å². The van der Waals surface area contributed by atoms with Crippen molar-refractivity contribution in [2.24, 2.45) is 5.73 Å². The molecule has 0 aliphatic heterocycles. The molecule has 1 aromatic heterocycles. The lowest BCUT2D eigenvalue weighted by molar-refractivity contribution is 0.100. The zero-order valence-corrected chi connectivity index (χ0v) is 20.0. The minimum absolute atomic E-state index is 0.429. The Labute approximate surface area is 210 Å². The van der Waals surface area contributed by atoms with Crippen molar-refractivity contribution in [3.8, 4) is 11.1 Å². The lowest BCUT2D eigenvalue weighted by Crippen LogP contribution is -2.11. The van der Waals surface area contributed by atoms with Crippen LogP contribution < -0.4 is 5.73 Å². The van der Waals surface area contributed by atoms with Crippen LogP contribution in [0.25, 0.3) is 32.9 Å². The molecule has 7 heteroatoms. The summed E-state index contributed by atoms with van der Waals surface area (Å²) in [4.78, 5) is 12.2. The second kappa shape index (κ2) is 8.58. The van der Waals surface area contributed by atoms with Crippen molar-refractivity contribution >= 4 is 74.1 Å². The van der Waals surface area contributed by atoms with Gasteiger partial charge < -0.3 is 10.3 Å². The Morgan fingerprint density at radius 1 is 0.879 bits per heavy atom. The van der Waals surface area contributed by atoms with Gasteiger partial charge in [-0.15, -0.1) is 0 Å². The molecule has 0 saturated heterocycles. The fourth-order valence-corrected chi connectivity index (χ4v) is 5.25. The monoisotopic (exact) mass is 511 g/mol. The number of fused-ring (bicyclic) bond motifs is 3. The third-order valence-corrected chi connectivity index (χ3v) is 6.87. The lowest BCUT2D eigenvalue weighted by atomic mass is 10.0. The van der Waals surface area contributed by atoms with Crippen LogP contribution in [0, 0.1) is 6.07 Å². The lowest BCUT2D eigenvalue weighted by Gasteiger charge is -2.12. The molecule has 1 heterocycles. The van der Waals surface area contributed by atoms with Crippen molar-refractivity contribution in [1.82, 2.24) is 4.57 Å². The van der Waals surface area contributed by atoms with E-state index in [0.717, 1.165) is 38.5 Å². The summed E-state index contributed by atoms with van der Waals surface area (Å²) in [6.07, 6.45) is 0. The van der Waals surface area contributed by atoms with E-state index in [4.69, 9.17) is 52.1 Å². The Morgan fingerprint density at radius 3 is 2.30 bits per heavy atom. The highest BCUT2D eigenvalue weighted by molar-refractivity contribution is 6.39. The Balaban J connectivity index is 1.83. The molecule has 0 atom stereocenters. The zero-order valence-electron chi connectivity index (χ0n) is 17.0. The average Bonchev–Trinajstić information content (AvgIpc) is 3.08. The van der Waals surface area contributed by atoms with Gasteiger partial charge in [-0.05, 0) is 65.7 Å². The van der Waals surface area contributed by atoms with E-state index in [0.29, 0.717) is 32.2 Å². The van der Waals surface area contributed by atoms with Crippen molar-refractivity contribution in [3.63, 3.8) is 0 Å². The van der Waals surface area contributed by atoms with Crippen molar-refractivity contribution in [2.75, 3.05) is 0 Å². The van der Waals surface area contributed by atoms with E-state index in [1.54, 1.807) is 36.4 Å². The normalized spacial score (nSPS) is 11.4. The molecule has 4 aromatic carbocycles. The van der Waals surface area contributed by atoms with Crippen LogP contribution in [-0.2, 0) is 6.54 Å². The molecule has 163 valence electrons. The first-order valence-corrected chi connectivity index (χ1v) is 11.5. The third-order valence-electron chi connectivity index (χ3n) is 5.65. The molecule has 1 radical (unpaired) electrons. The minimum atomic E-state index is -0.504. The fraction of sp³-hybridized carbons (Fsp3) is 0.0385. The quantitative estimate of drug-likeness (QED) is 0.260. The molecule has 3 nitrogen and oxygen atoms in total. The number of carbonyl (C=O) groups is 1. The standard InChI is InChI=1S/C26H15Cl4N2O/c27-16-9-7-15(21(30)12-16)13-32-22-6-1-3-18(26(31)33)25(22)17-10-8-14(11-23(17)32)24-19(28)4-2-5-20(24)29/h1-9,11-12H,13H2,(H2,31,33). The van der Waals surface area contributed by atoms with Crippen LogP contribution in [0.4, 0.5) is 0 Å². The molecular formula is C26H15Cl4N2O. The molecule has 0 aliphatic rings. The van der Waals surface area contributed by atoms with Gasteiger partial charge in [0.1, 0.15) is 0 Å². The maximum atomic E-state index is 12.2. The van der Waals surface area contributed by atoms with Gasteiger partial charge in [-0.2, -0.15) is 0 Å². The molecular weight excluding hydrogens is 498 g/mol. The molecule has 5 aromatic rings. The van der Waals surface area contributed by atoms with Gasteiger partial charge in [0.25, 0.3) is 0 Å². The number of carbonyl (C=O) groups excluding carboxylic acids is 1. The molecule has 33 heavy (non-hydrogen) atoms. The smallest absolute Gasteiger partial charge is 0.249 e. The topological polar surface area (TPSA) is 48.0 Å². The first-order chi connectivity index (χ1) is 15.8. The van der Waals surface area contributed by atoms with E-state index in [-0.39, 0.29) is 0 Å². The number of halogens is 4. The molecule has 1 amide bonds. The zero-order chi connectivity index (χ0) is 23.3. The summed E-state index contributed by atoms with van der Waals surface area (Å²) in [5, 5.41) is 3.70. The Kier molecular flexibility index (Phi) is 5.75. The van der Waals surface area contributed by atoms with Gasteiger partial charge in [0, 0.05) is 48.5 Å². The summed E-state index contributed by atoms with van der Waals surface area (Å²) in [6, 6.07) is 23.4. The van der Waals surface area contributed by atoms with Crippen molar-refractivity contribution < 1.29 is 4.79 Å². The van der Waals surface area contributed by atoms with E-state index in [1.807, 2.05) is 30.3 Å². The van der Waals surface area contributed by atoms with Gasteiger partial charge in [-0.1, -0.05) is 64.6 Å². The SMILES string of the molecule is NC(=O)c1cccc2c1c1[c]cc(-c3c(Cl)cccc3Cl)cc1n2Cc1ccc(Cl)cc1Cl. The summed E-state index contributed by atoms with van der Waals surface area (Å²) in [7, 11) is 0. The van der Waals surface area contributed by atoms with E-state index in [2.05, 4.69) is 10.6 Å². The van der Waals surface area contributed by atoms with E-state index < -0.39 is 5.91 Å². The second-order valence-electron chi connectivity index (χ2n) is 7.63. The number of hydrogen-bond donors (Lipinski definition) is 1. The molecule has 0 fully saturated rings. The maximum Gasteiger partial charge on any atom is 0.249 e. The summed E-state index contributed by atoms with van der Waals surface area (Å²) >= 11 is 25.5. The number of nitrogens with zero attached hydrogens (tertiary/aromatic N) is 1. The predicted octanol–water partition coefficient (Wildman–Crippen LogP) is 8.02. The van der Waals surface area contributed by atoms with Crippen molar-refractivity contribution in [2.45, 2.75) is 6.54 Å². The fourth-order valence-electron chi connectivity index (χ4n) is 4.17. The Morgan fingerprint density at radius 2 is 1.61 bits per heavy atom. The van der Waals surface area contributed by atoms with Gasteiger partial charge in [-0.25, -0.2) is 0 Å². The first kappa shape index (κ1) is 22.1. The van der Waals surface area contributed by atoms with Gasteiger partial charge in [-0.3, -0.25) is 4.79 Å². The van der Waals surface area contributed by atoms with E-state index in [9.17, 15) is 4.79 Å². The molecule has 2 N–H and O–H groups in total. The molecule has 0 aliphatic carbocycles. The van der Waals surface area contributed by atoms with Gasteiger partial charge >= 0.3 is 0 Å². The largest absolute Gasteiger partial charge is 0.366 e. The Bertz CT molecular complexity index is 1550.